The molecule has 0 aliphatic heterocycles. The van der Waals surface area contributed by atoms with Gasteiger partial charge in [0.2, 0.25) is 0 Å². The lowest BCUT2D eigenvalue weighted by atomic mass is 10.2. The highest BCUT2D eigenvalue weighted by atomic mass is 32.2. The van der Waals surface area contributed by atoms with Crippen molar-refractivity contribution in [3.05, 3.63) is 59.0 Å². The van der Waals surface area contributed by atoms with Crippen LogP contribution in [0.5, 0.6) is 23.0 Å². The van der Waals surface area contributed by atoms with Crippen LogP contribution in [0.2, 0.25) is 0 Å². The number of phenols is 2. The van der Waals surface area contributed by atoms with Gasteiger partial charge in [-0.3, -0.25) is 4.79 Å². The molecule has 0 aromatic heterocycles. The number of carbonyl (C=O) groups is 1. The molecule has 0 atom stereocenters. The zero-order valence-corrected chi connectivity index (χ0v) is 15.9. The summed E-state index contributed by atoms with van der Waals surface area (Å²) < 4.78 is 35.6. The molecular weight excluding hydrogens is 386 g/mol. The fourth-order valence-electron chi connectivity index (χ4n) is 2.17. The number of carbonyl (C=O) groups excluding carboxylic acids is 1. The summed E-state index contributed by atoms with van der Waals surface area (Å²) in [6.45, 7) is 0. The number of nitrogens with one attached hydrogen (secondary N) is 1. The summed E-state index contributed by atoms with van der Waals surface area (Å²) in [6, 6.07) is 8.81. The first-order chi connectivity index (χ1) is 13.2. The van der Waals surface area contributed by atoms with Gasteiger partial charge in [-0.1, -0.05) is 12.1 Å². The first-order valence-corrected chi connectivity index (χ1v) is 9.45. The number of ether oxygens (including phenoxy) is 2. The lowest BCUT2D eigenvalue weighted by Crippen LogP contribution is -2.26. The van der Waals surface area contributed by atoms with Gasteiger partial charge in [-0.15, -0.1) is 0 Å². The summed E-state index contributed by atoms with van der Waals surface area (Å²) in [5.74, 6) is -0.584. The number of benzene rings is 2. The second-order valence-corrected chi connectivity index (χ2v) is 7.08. The number of amides is 1. The van der Waals surface area contributed by atoms with E-state index >= 15 is 0 Å². The summed E-state index contributed by atoms with van der Waals surface area (Å²) >= 11 is 0. The van der Waals surface area contributed by atoms with Crippen LogP contribution >= 0.6 is 0 Å². The van der Waals surface area contributed by atoms with Crippen molar-refractivity contribution in [1.82, 2.24) is 4.72 Å². The van der Waals surface area contributed by atoms with E-state index in [0.717, 1.165) is 11.5 Å². The number of aromatic hydroxyl groups is 2. The van der Waals surface area contributed by atoms with E-state index in [4.69, 9.17) is 9.47 Å². The normalized spacial score (nSPS) is 11.6. The van der Waals surface area contributed by atoms with Crippen LogP contribution in [0.1, 0.15) is 11.1 Å². The number of hydrogen-bond acceptors (Lipinski definition) is 7. The van der Waals surface area contributed by atoms with E-state index in [1.54, 1.807) is 12.1 Å². The molecule has 9 heteroatoms. The third kappa shape index (κ3) is 5.78. The maximum absolute atomic E-state index is 12.0. The van der Waals surface area contributed by atoms with Gasteiger partial charge in [0.25, 0.3) is 15.9 Å². The van der Waals surface area contributed by atoms with Gasteiger partial charge < -0.3 is 19.7 Å². The van der Waals surface area contributed by atoms with E-state index in [9.17, 15) is 23.4 Å². The van der Waals surface area contributed by atoms with Gasteiger partial charge in [0.05, 0.1) is 19.6 Å². The van der Waals surface area contributed by atoms with E-state index in [1.165, 1.54) is 50.6 Å². The third-order valence-electron chi connectivity index (χ3n) is 3.52. The van der Waals surface area contributed by atoms with Gasteiger partial charge >= 0.3 is 0 Å². The highest BCUT2D eigenvalue weighted by Gasteiger charge is 2.09. The molecular formula is C19H19NO7S. The summed E-state index contributed by atoms with van der Waals surface area (Å²) in [5.41, 5.74) is 0.885. The van der Waals surface area contributed by atoms with Gasteiger partial charge in [0.1, 0.15) is 0 Å². The topological polar surface area (TPSA) is 122 Å². The number of hydrogen-bond donors (Lipinski definition) is 3. The smallest absolute Gasteiger partial charge is 0.257 e. The highest BCUT2D eigenvalue weighted by molar-refractivity contribution is 7.93. The lowest BCUT2D eigenvalue weighted by Gasteiger charge is -2.04. The SMILES string of the molecule is COc1ccc(/C=C/C(=O)NS(=O)(=O)/C=C/c2ccc(OC)c(O)c2)cc1O. The third-order valence-corrected chi connectivity index (χ3v) is 4.50. The van der Waals surface area contributed by atoms with Crippen LogP contribution < -0.4 is 14.2 Å². The van der Waals surface area contributed by atoms with Crippen LogP contribution in [-0.4, -0.2) is 38.8 Å². The molecule has 1 amide bonds. The fraction of sp³-hybridized carbons (Fsp3) is 0.105. The summed E-state index contributed by atoms with van der Waals surface area (Å²) in [7, 11) is -1.24. The molecule has 0 radical (unpaired) electrons. The van der Waals surface area contributed by atoms with E-state index < -0.39 is 15.9 Å². The van der Waals surface area contributed by atoms with Gasteiger partial charge in [0.15, 0.2) is 23.0 Å². The summed E-state index contributed by atoms with van der Waals surface area (Å²) in [4.78, 5) is 11.8. The number of sulfonamides is 1. The minimum absolute atomic E-state index is 0.108. The molecule has 2 aromatic rings. The van der Waals surface area contributed by atoms with Gasteiger partial charge in [0, 0.05) is 6.08 Å². The van der Waals surface area contributed by atoms with E-state index in [0.29, 0.717) is 11.1 Å². The van der Waals surface area contributed by atoms with Crippen molar-refractivity contribution in [2.24, 2.45) is 0 Å². The van der Waals surface area contributed by atoms with Gasteiger partial charge in [-0.2, -0.15) is 0 Å². The maximum Gasteiger partial charge on any atom is 0.257 e. The van der Waals surface area contributed by atoms with Crippen molar-refractivity contribution in [3.63, 3.8) is 0 Å². The Bertz CT molecular complexity index is 1030. The van der Waals surface area contributed by atoms with Crippen molar-refractivity contribution in [2.45, 2.75) is 0 Å². The molecule has 0 heterocycles. The van der Waals surface area contributed by atoms with Crippen LogP contribution in [0.15, 0.2) is 47.9 Å². The minimum atomic E-state index is -4.04. The van der Waals surface area contributed by atoms with Crippen LogP contribution in [-0.2, 0) is 14.8 Å². The maximum atomic E-state index is 12.0. The first-order valence-electron chi connectivity index (χ1n) is 7.91. The van der Waals surface area contributed by atoms with E-state index in [1.807, 2.05) is 4.72 Å². The van der Waals surface area contributed by atoms with Crippen molar-refractivity contribution in [1.29, 1.82) is 0 Å². The molecule has 0 aliphatic rings. The zero-order chi connectivity index (χ0) is 20.7. The van der Waals surface area contributed by atoms with Crippen molar-refractivity contribution in [3.8, 4) is 23.0 Å². The molecule has 3 N–H and O–H groups in total. The molecule has 0 aliphatic carbocycles. The summed E-state index contributed by atoms with van der Waals surface area (Å²) in [5, 5.41) is 20.2. The van der Waals surface area contributed by atoms with Gasteiger partial charge in [-0.05, 0) is 47.5 Å². The van der Waals surface area contributed by atoms with Crippen molar-refractivity contribution in [2.75, 3.05) is 14.2 Å². The molecule has 2 rings (SSSR count). The Morgan fingerprint density at radius 2 is 1.43 bits per heavy atom. The van der Waals surface area contributed by atoms with Crippen LogP contribution in [0.4, 0.5) is 0 Å². The second-order valence-electron chi connectivity index (χ2n) is 5.51. The molecule has 148 valence electrons. The largest absolute Gasteiger partial charge is 0.504 e. The molecule has 0 saturated carbocycles. The Balaban J connectivity index is 2.03. The highest BCUT2D eigenvalue weighted by Crippen LogP contribution is 2.27. The van der Waals surface area contributed by atoms with Crippen LogP contribution in [0, 0.1) is 0 Å². The molecule has 0 spiro atoms. The first kappa shape index (κ1) is 20.8. The van der Waals surface area contributed by atoms with Crippen molar-refractivity contribution < 1.29 is 32.9 Å². The van der Waals surface area contributed by atoms with Gasteiger partial charge in [-0.25, -0.2) is 13.1 Å². The molecule has 0 saturated heterocycles. The second kappa shape index (κ2) is 8.96. The predicted octanol–water partition coefficient (Wildman–Crippen LogP) is 2.25. The monoisotopic (exact) mass is 405 g/mol. The quantitative estimate of drug-likeness (QED) is 0.604. The van der Waals surface area contributed by atoms with Crippen LogP contribution in [0.3, 0.4) is 0 Å². The molecule has 0 bridgehead atoms. The average Bonchev–Trinajstić information content (AvgIpc) is 2.64. The average molecular weight is 405 g/mol. The Labute approximate surface area is 162 Å². The number of methoxy groups -OCH3 is 2. The lowest BCUT2D eigenvalue weighted by molar-refractivity contribution is -0.114. The van der Waals surface area contributed by atoms with E-state index in [2.05, 4.69) is 0 Å². The molecule has 8 nitrogen and oxygen atoms in total. The Hall–Kier alpha value is -3.46. The Morgan fingerprint density at radius 3 is 1.89 bits per heavy atom. The number of phenolic OH excluding ortho intramolecular Hbond substituents is 2. The zero-order valence-electron chi connectivity index (χ0n) is 15.1. The Kier molecular flexibility index (Phi) is 6.67. The molecule has 28 heavy (non-hydrogen) atoms. The molecule has 0 unspecified atom stereocenters. The van der Waals surface area contributed by atoms with Crippen molar-refractivity contribution >= 4 is 28.1 Å². The molecule has 2 aromatic carbocycles. The number of rotatable bonds is 7. The van der Waals surface area contributed by atoms with Crippen LogP contribution in [0.25, 0.3) is 12.2 Å². The minimum Gasteiger partial charge on any atom is -0.504 e. The summed E-state index contributed by atoms with van der Waals surface area (Å²) in [6.07, 6.45) is 3.58. The predicted molar refractivity (Wildman–Crippen MR) is 104 cm³/mol. The fourth-order valence-corrected chi connectivity index (χ4v) is 2.92. The molecule has 0 fully saturated rings. The standard InChI is InChI=1S/C19H19NO7S/c1-26-17-6-3-13(11-15(17)21)5-8-19(23)20-28(24,25)10-9-14-4-7-18(27-2)16(22)12-14/h3-12,21-22H,1-2H3,(H,20,23)/b8-5+,10-9+. The Morgan fingerprint density at radius 1 is 0.929 bits per heavy atom. The van der Waals surface area contributed by atoms with E-state index in [-0.39, 0.29) is 23.0 Å².